The number of nitrogens with zero attached hydrogens (tertiary/aromatic N) is 3. The van der Waals surface area contributed by atoms with Gasteiger partial charge in [-0.3, -0.25) is 4.90 Å². The molecule has 2 aromatic rings. The monoisotopic (exact) mass is 397 g/mol. The average Bonchev–Trinajstić information content (AvgIpc) is 2.90. The van der Waals surface area contributed by atoms with Crippen molar-refractivity contribution < 1.29 is 9.53 Å². The molecule has 0 saturated carbocycles. The lowest BCUT2D eigenvalue weighted by molar-refractivity contribution is 0.159. The number of para-hydroxylation sites is 1. The molecule has 2 aromatic carbocycles. The summed E-state index contributed by atoms with van der Waals surface area (Å²) < 4.78 is 5.40. The first-order chi connectivity index (χ1) is 13.6. The number of anilines is 3. The van der Waals surface area contributed by atoms with Gasteiger partial charge in [-0.25, -0.2) is 4.79 Å². The van der Waals surface area contributed by atoms with Gasteiger partial charge in [0.1, 0.15) is 0 Å². The van der Waals surface area contributed by atoms with Crippen molar-refractivity contribution in [1.29, 1.82) is 0 Å². The molecule has 0 bridgehead atoms. The van der Waals surface area contributed by atoms with E-state index >= 15 is 0 Å². The largest absolute Gasteiger partial charge is 0.449 e. The molecule has 2 unspecified atom stereocenters. The maximum atomic E-state index is 12.9. The molecule has 28 heavy (non-hydrogen) atoms. The minimum absolute atomic E-state index is 0.324. The zero-order valence-corrected chi connectivity index (χ0v) is 16.9. The number of hydrogen-bond donors (Lipinski definition) is 0. The lowest BCUT2D eigenvalue weighted by Crippen LogP contribution is -2.43. The van der Waals surface area contributed by atoms with E-state index in [0.29, 0.717) is 30.1 Å². The Morgan fingerprint density at radius 2 is 2.07 bits per heavy atom. The number of halogens is 1. The van der Waals surface area contributed by atoms with Crippen LogP contribution in [0.3, 0.4) is 0 Å². The summed E-state index contributed by atoms with van der Waals surface area (Å²) in [6.07, 6.45) is 0.760. The number of benzene rings is 2. The van der Waals surface area contributed by atoms with E-state index in [1.807, 2.05) is 19.1 Å². The van der Waals surface area contributed by atoms with E-state index in [0.717, 1.165) is 36.4 Å². The van der Waals surface area contributed by atoms with Gasteiger partial charge in [0.2, 0.25) is 0 Å². The number of fused-ring (bicyclic) bond motifs is 5. The minimum Gasteiger partial charge on any atom is -0.449 e. The summed E-state index contributed by atoms with van der Waals surface area (Å²) in [4.78, 5) is 19.5. The third-order valence-electron chi connectivity index (χ3n) is 6.19. The summed E-state index contributed by atoms with van der Waals surface area (Å²) in [5, 5.41) is 0.669. The van der Waals surface area contributed by atoms with Crippen LogP contribution in [0.4, 0.5) is 21.9 Å². The Kier molecular flexibility index (Phi) is 4.25. The third kappa shape index (κ3) is 2.60. The fourth-order valence-corrected chi connectivity index (χ4v) is 5.26. The van der Waals surface area contributed by atoms with Gasteiger partial charge < -0.3 is 14.5 Å². The summed E-state index contributed by atoms with van der Waals surface area (Å²) >= 11 is 6.55. The highest BCUT2D eigenvalue weighted by molar-refractivity contribution is 6.31. The Labute approximate surface area is 170 Å². The van der Waals surface area contributed by atoms with E-state index in [1.165, 1.54) is 11.3 Å². The number of piperidine rings is 1. The summed E-state index contributed by atoms with van der Waals surface area (Å²) in [7, 11) is 2.18. The second-order valence-corrected chi connectivity index (χ2v) is 8.31. The van der Waals surface area contributed by atoms with Gasteiger partial charge in [-0.05, 0) is 56.3 Å². The van der Waals surface area contributed by atoms with Crippen LogP contribution in [0, 0.1) is 0 Å². The van der Waals surface area contributed by atoms with Gasteiger partial charge in [0.05, 0.1) is 24.5 Å². The van der Waals surface area contributed by atoms with Gasteiger partial charge in [0.15, 0.2) is 0 Å². The number of rotatable bonds is 1. The van der Waals surface area contributed by atoms with E-state index < -0.39 is 0 Å². The number of likely N-dealkylation sites (N-methyl/N-ethyl adjacent to an activating group) is 1. The van der Waals surface area contributed by atoms with E-state index in [1.54, 1.807) is 4.90 Å². The first-order valence-corrected chi connectivity index (χ1v) is 10.3. The molecule has 1 amide bonds. The Morgan fingerprint density at radius 1 is 1.25 bits per heavy atom. The molecule has 0 N–H and O–H groups in total. The van der Waals surface area contributed by atoms with Crippen molar-refractivity contribution in [2.24, 2.45) is 0 Å². The number of carbonyl (C=O) groups is 1. The van der Waals surface area contributed by atoms with Gasteiger partial charge in [-0.1, -0.05) is 29.8 Å². The fourth-order valence-electron chi connectivity index (χ4n) is 5.04. The summed E-state index contributed by atoms with van der Waals surface area (Å²) in [5.41, 5.74) is 5.54. The van der Waals surface area contributed by atoms with Crippen molar-refractivity contribution in [3.8, 4) is 0 Å². The number of amides is 1. The second kappa shape index (κ2) is 6.68. The highest BCUT2D eigenvalue weighted by Crippen LogP contribution is 2.55. The molecule has 0 spiro atoms. The molecule has 0 aromatic heterocycles. The Balaban J connectivity index is 1.76. The molecule has 5 rings (SSSR count). The molecule has 2 atom stereocenters. The van der Waals surface area contributed by atoms with E-state index in [9.17, 15) is 4.79 Å². The normalized spacial score (nSPS) is 23.0. The highest BCUT2D eigenvalue weighted by Gasteiger charge is 2.46. The van der Waals surface area contributed by atoms with Crippen LogP contribution in [0.25, 0.3) is 0 Å². The summed E-state index contributed by atoms with van der Waals surface area (Å²) in [5.74, 6) is 0.376. The Morgan fingerprint density at radius 3 is 2.89 bits per heavy atom. The lowest BCUT2D eigenvalue weighted by Gasteiger charge is -2.37. The standard InChI is InChI=1S/C22H24ClN3O2/c1-3-28-22(27)25-12-14-6-4-5-7-18(14)26-19-8-9-24(2)13-17(19)16-10-15(23)11-20(25)21(16)26/h4-7,10-11,17,19H,3,8-9,12-13H2,1-2H3. The quantitative estimate of drug-likeness (QED) is 0.695. The van der Waals surface area contributed by atoms with Crippen LogP contribution < -0.4 is 9.80 Å². The molecule has 3 aliphatic heterocycles. The number of carbonyl (C=O) groups excluding carboxylic acids is 1. The van der Waals surface area contributed by atoms with Crippen molar-refractivity contribution in [2.75, 3.05) is 36.5 Å². The molecule has 5 nitrogen and oxygen atoms in total. The minimum atomic E-state index is -0.324. The summed E-state index contributed by atoms with van der Waals surface area (Å²) in [6.45, 7) is 4.73. The molecule has 3 heterocycles. The third-order valence-corrected chi connectivity index (χ3v) is 6.41. The molecule has 3 aliphatic rings. The second-order valence-electron chi connectivity index (χ2n) is 7.87. The summed E-state index contributed by atoms with van der Waals surface area (Å²) in [6, 6.07) is 12.8. The van der Waals surface area contributed by atoms with E-state index in [2.05, 4.69) is 41.1 Å². The highest BCUT2D eigenvalue weighted by atomic mass is 35.5. The maximum absolute atomic E-state index is 12.9. The molecule has 6 heteroatoms. The number of hydrogen-bond acceptors (Lipinski definition) is 4. The lowest BCUT2D eigenvalue weighted by atomic mass is 9.89. The van der Waals surface area contributed by atoms with Gasteiger partial charge in [-0.15, -0.1) is 0 Å². The smallest absolute Gasteiger partial charge is 0.414 e. The molecule has 1 fully saturated rings. The molecular formula is C22H24ClN3O2. The molecule has 0 radical (unpaired) electrons. The molecular weight excluding hydrogens is 374 g/mol. The van der Waals surface area contributed by atoms with Gasteiger partial charge in [-0.2, -0.15) is 0 Å². The van der Waals surface area contributed by atoms with Crippen LogP contribution in [0.2, 0.25) is 5.02 Å². The Hall–Kier alpha value is -2.24. The topological polar surface area (TPSA) is 36.0 Å². The Bertz CT molecular complexity index is 947. The number of likely N-dealkylation sites (tertiary alicyclic amines) is 1. The van der Waals surface area contributed by atoms with E-state index in [4.69, 9.17) is 16.3 Å². The van der Waals surface area contributed by atoms with Crippen molar-refractivity contribution in [3.05, 3.63) is 52.5 Å². The predicted octanol–water partition coefficient (Wildman–Crippen LogP) is 4.76. The van der Waals surface area contributed by atoms with Crippen molar-refractivity contribution in [2.45, 2.75) is 31.8 Å². The van der Waals surface area contributed by atoms with Crippen molar-refractivity contribution >= 4 is 34.8 Å². The first kappa shape index (κ1) is 17.8. The van der Waals surface area contributed by atoms with Gasteiger partial charge in [0, 0.05) is 29.2 Å². The molecule has 1 saturated heterocycles. The van der Waals surface area contributed by atoms with Crippen LogP contribution >= 0.6 is 11.6 Å². The van der Waals surface area contributed by atoms with Crippen LogP contribution in [0.1, 0.15) is 30.4 Å². The molecule has 0 aliphatic carbocycles. The zero-order chi connectivity index (χ0) is 19.4. The van der Waals surface area contributed by atoms with E-state index in [-0.39, 0.29) is 6.09 Å². The van der Waals surface area contributed by atoms with Crippen molar-refractivity contribution in [3.63, 3.8) is 0 Å². The van der Waals surface area contributed by atoms with Crippen LogP contribution in [0.5, 0.6) is 0 Å². The fraction of sp³-hybridized carbons (Fsp3) is 0.409. The number of ether oxygens (including phenoxy) is 1. The van der Waals surface area contributed by atoms with Gasteiger partial charge >= 0.3 is 6.09 Å². The maximum Gasteiger partial charge on any atom is 0.414 e. The zero-order valence-electron chi connectivity index (χ0n) is 16.2. The van der Waals surface area contributed by atoms with Crippen molar-refractivity contribution in [1.82, 2.24) is 4.90 Å². The average molecular weight is 398 g/mol. The predicted molar refractivity (Wildman–Crippen MR) is 112 cm³/mol. The molecule has 146 valence electrons. The first-order valence-electron chi connectivity index (χ1n) is 9.92. The van der Waals surface area contributed by atoms with Crippen LogP contribution in [-0.4, -0.2) is 43.8 Å². The SMILES string of the molecule is CCOC(=O)N1Cc2ccccc2N2c3c(cc(Cl)cc31)C1CN(C)CCC12. The van der Waals surface area contributed by atoms with Gasteiger partial charge in [0.25, 0.3) is 0 Å². The van der Waals surface area contributed by atoms with Crippen LogP contribution in [-0.2, 0) is 11.3 Å². The van der Waals surface area contributed by atoms with Crippen LogP contribution in [0.15, 0.2) is 36.4 Å².